The van der Waals surface area contributed by atoms with Gasteiger partial charge < -0.3 is 4.74 Å². The van der Waals surface area contributed by atoms with E-state index in [0.717, 1.165) is 23.4 Å². The van der Waals surface area contributed by atoms with E-state index in [4.69, 9.17) is 4.74 Å². The van der Waals surface area contributed by atoms with E-state index in [-0.39, 0.29) is 17.4 Å². The van der Waals surface area contributed by atoms with Gasteiger partial charge in [-0.25, -0.2) is 21.9 Å². The summed E-state index contributed by atoms with van der Waals surface area (Å²) in [6.45, 7) is 0.562. The highest BCUT2D eigenvalue weighted by molar-refractivity contribution is 7.89. The van der Waals surface area contributed by atoms with Crippen molar-refractivity contribution in [3.63, 3.8) is 0 Å². The largest absolute Gasteiger partial charge is 0.493 e. The van der Waals surface area contributed by atoms with Gasteiger partial charge in [-0.15, -0.1) is 0 Å². The Kier molecular flexibility index (Phi) is 4.32. The van der Waals surface area contributed by atoms with Gasteiger partial charge in [-0.2, -0.15) is 0 Å². The number of nitrogens with one attached hydrogen (secondary N) is 1. The SMILES string of the molecule is O=S(=O)(NCC1COc2ccccc2C1)c1ccc(F)c(F)c1. The molecule has 0 saturated carbocycles. The van der Waals surface area contributed by atoms with Crippen LogP contribution in [0.25, 0.3) is 0 Å². The molecule has 1 N–H and O–H groups in total. The van der Waals surface area contributed by atoms with Gasteiger partial charge in [0, 0.05) is 12.5 Å². The van der Waals surface area contributed by atoms with Gasteiger partial charge in [0.2, 0.25) is 10.0 Å². The van der Waals surface area contributed by atoms with Crippen LogP contribution in [0, 0.1) is 17.6 Å². The van der Waals surface area contributed by atoms with Crippen molar-refractivity contribution in [2.24, 2.45) is 5.92 Å². The summed E-state index contributed by atoms with van der Waals surface area (Å²) in [4.78, 5) is -0.298. The van der Waals surface area contributed by atoms with E-state index in [0.29, 0.717) is 19.1 Å². The average Bonchev–Trinajstić information content (AvgIpc) is 2.55. The van der Waals surface area contributed by atoms with Crippen molar-refractivity contribution in [2.75, 3.05) is 13.2 Å². The minimum atomic E-state index is -3.89. The Balaban J connectivity index is 1.67. The Morgan fingerprint density at radius 3 is 2.70 bits per heavy atom. The van der Waals surface area contributed by atoms with Crippen LogP contribution in [0.3, 0.4) is 0 Å². The molecule has 122 valence electrons. The molecule has 0 aromatic heterocycles. The third-order valence-corrected chi connectivity index (χ3v) is 5.14. The maximum absolute atomic E-state index is 13.2. The van der Waals surface area contributed by atoms with Crippen LogP contribution in [0.15, 0.2) is 47.4 Å². The minimum Gasteiger partial charge on any atom is -0.493 e. The first-order chi connectivity index (χ1) is 11.0. The number of sulfonamides is 1. The zero-order valence-electron chi connectivity index (χ0n) is 12.1. The van der Waals surface area contributed by atoms with Crippen LogP contribution in [-0.2, 0) is 16.4 Å². The third kappa shape index (κ3) is 3.51. The molecule has 1 atom stereocenters. The van der Waals surface area contributed by atoms with Crippen LogP contribution < -0.4 is 9.46 Å². The van der Waals surface area contributed by atoms with Gasteiger partial charge in [-0.3, -0.25) is 0 Å². The summed E-state index contributed by atoms with van der Waals surface area (Å²) < 4.78 is 58.4. The van der Waals surface area contributed by atoms with Gasteiger partial charge in [0.15, 0.2) is 11.6 Å². The van der Waals surface area contributed by atoms with Crippen LogP contribution in [0.2, 0.25) is 0 Å². The van der Waals surface area contributed by atoms with Gasteiger partial charge in [0.25, 0.3) is 0 Å². The van der Waals surface area contributed by atoms with E-state index < -0.39 is 21.7 Å². The van der Waals surface area contributed by atoms with Crippen molar-refractivity contribution in [1.29, 1.82) is 0 Å². The molecule has 0 amide bonds. The number of benzene rings is 2. The fraction of sp³-hybridized carbons (Fsp3) is 0.250. The molecule has 1 aliphatic rings. The fourth-order valence-corrected chi connectivity index (χ4v) is 3.60. The zero-order chi connectivity index (χ0) is 16.4. The molecule has 1 heterocycles. The van der Waals surface area contributed by atoms with Gasteiger partial charge >= 0.3 is 0 Å². The number of ether oxygens (including phenoxy) is 1. The topological polar surface area (TPSA) is 55.4 Å². The normalized spacial score (nSPS) is 17.4. The Labute approximate surface area is 133 Å². The Morgan fingerprint density at radius 1 is 1.13 bits per heavy atom. The summed E-state index contributed by atoms with van der Waals surface area (Å²) in [6.07, 6.45) is 0.691. The third-order valence-electron chi connectivity index (χ3n) is 3.72. The predicted molar refractivity (Wildman–Crippen MR) is 80.7 cm³/mol. The maximum atomic E-state index is 13.2. The lowest BCUT2D eigenvalue weighted by Gasteiger charge is -2.25. The number of para-hydroxylation sites is 1. The van der Waals surface area contributed by atoms with Gasteiger partial charge in [0.1, 0.15) is 5.75 Å². The molecule has 0 saturated heterocycles. The molecule has 0 bridgehead atoms. The molecule has 3 rings (SSSR count). The summed E-state index contributed by atoms with van der Waals surface area (Å²) in [5.41, 5.74) is 1.02. The second-order valence-electron chi connectivity index (χ2n) is 5.42. The van der Waals surface area contributed by atoms with Crippen LogP contribution in [0.1, 0.15) is 5.56 Å². The number of rotatable bonds is 4. The molecular formula is C16H15F2NO3S. The van der Waals surface area contributed by atoms with Crippen LogP contribution >= 0.6 is 0 Å². The van der Waals surface area contributed by atoms with E-state index in [1.165, 1.54) is 0 Å². The standard InChI is InChI=1S/C16H15F2NO3S/c17-14-6-5-13(8-15(14)18)23(20,21)19-9-11-7-12-3-1-2-4-16(12)22-10-11/h1-6,8,11,19H,7,9-10H2. The summed E-state index contributed by atoms with van der Waals surface area (Å²) in [7, 11) is -3.89. The molecule has 2 aromatic carbocycles. The van der Waals surface area contributed by atoms with Crippen LogP contribution in [0.5, 0.6) is 5.75 Å². The van der Waals surface area contributed by atoms with Crippen LogP contribution in [-0.4, -0.2) is 21.6 Å². The molecule has 7 heteroatoms. The molecule has 1 unspecified atom stereocenters. The van der Waals surface area contributed by atoms with Crippen molar-refractivity contribution in [1.82, 2.24) is 4.72 Å². The van der Waals surface area contributed by atoms with Gasteiger partial charge in [0.05, 0.1) is 11.5 Å². The molecule has 0 aliphatic carbocycles. The van der Waals surface area contributed by atoms with Crippen molar-refractivity contribution in [3.8, 4) is 5.75 Å². The van der Waals surface area contributed by atoms with Crippen molar-refractivity contribution >= 4 is 10.0 Å². The summed E-state index contributed by atoms with van der Waals surface area (Å²) >= 11 is 0. The highest BCUT2D eigenvalue weighted by Crippen LogP contribution is 2.26. The molecule has 2 aromatic rings. The molecule has 4 nitrogen and oxygen atoms in total. The Bertz CT molecular complexity index is 824. The Hall–Kier alpha value is -1.99. The quantitative estimate of drug-likeness (QED) is 0.931. The first-order valence-corrected chi connectivity index (χ1v) is 8.59. The van der Waals surface area contributed by atoms with Gasteiger partial charge in [-0.1, -0.05) is 18.2 Å². The minimum absolute atomic E-state index is 0.0232. The molecule has 0 spiro atoms. The predicted octanol–water partition coefficient (Wildman–Crippen LogP) is 2.49. The monoisotopic (exact) mass is 339 g/mol. The van der Waals surface area contributed by atoms with Crippen LogP contribution in [0.4, 0.5) is 8.78 Å². The lowest BCUT2D eigenvalue weighted by Crippen LogP contribution is -2.34. The smallest absolute Gasteiger partial charge is 0.240 e. The van der Waals surface area contributed by atoms with Crippen molar-refractivity contribution in [3.05, 3.63) is 59.7 Å². The molecular weight excluding hydrogens is 324 g/mol. The van der Waals surface area contributed by atoms with Crippen molar-refractivity contribution in [2.45, 2.75) is 11.3 Å². The molecule has 0 radical (unpaired) electrons. The van der Waals surface area contributed by atoms with E-state index in [1.807, 2.05) is 24.3 Å². The second kappa shape index (κ2) is 6.25. The number of hydrogen-bond donors (Lipinski definition) is 1. The number of halogens is 2. The molecule has 0 fully saturated rings. The zero-order valence-corrected chi connectivity index (χ0v) is 12.9. The van der Waals surface area contributed by atoms with E-state index >= 15 is 0 Å². The number of hydrogen-bond acceptors (Lipinski definition) is 3. The van der Waals surface area contributed by atoms with Crippen molar-refractivity contribution < 1.29 is 21.9 Å². The lowest BCUT2D eigenvalue weighted by molar-refractivity contribution is 0.223. The lowest BCUT2D eigenvalue weighted by atomic mass is 9.97. The first kappa shape index (κ1) is 15.9. The summed E-state index contributed by atoms with van der Waals surface area (Å²) in [6, 6.07) is 10.1. The second-order valence-corrected chi connectivity index (χ2v) is 7.18. The first-order valence-electron chi connectivity index (χ1n) is 7.11. The van der Waals surface area contributed by atoms with E-state index in [1.54, 1.807) is 0 Å². The fourth-order valence-electron chi connectivity index (χ4n) is 2.48. The molecule has 23 heavy (non-hydrogen) atoms. The van der Waals surface area contributed by atoms with E-state index in [9.17, 15) is 17.2 Å². The highest BCUT2D eigenvalue weighted by Gasteiger charge is 2.23. The van der Waals surface area contributed by atoms with Gasteiger partial charge in [-0.05, 0) is 36.2 Å². The summed E-state index contributed by atoms with van der Waals surface area (Å²) in [5, 5.41) is 0. The summed E-state index contributed by atoms with van der Waals surface area (Å²) in [5.74, 6) is -1.48. The Morgan fingerprint density at radius 2 is 1.91 bits per heavy atom. The number of fused-ring (bicyclic) bond motifs is 1. The highest BCUT2D eigenvalue weighted by atomic mass is 32.2. The van der Waals surface area contributed by atoms with E-state index in [2.05, 4.69) is 4.72 Å². The molecule has 1 aliphatic heterocycles. The maximum Gasteiger partial charge on any atom is 0.240 e. The average molecular weight is 339 g/mol.